The summed E-state index contributed by atoms with van der Waals surface area (Å²) in [6.45, 7) is 3.20. The summed E-state index contributed by atoms with van der Waals surface area (Å²) >= 11 is 0. The van der Waals surface area contributed by atoms with Crippen LogP contribution < -0.4 is 5.56 Å². The van der Waals surface area contributed by atoms with Gasteiger partial charge in [-0.2, -0.15) is 5.10 Å². The summed E-state index contributed by atoms with van der Waals surface area (Å²) in [4.78, 5) is 25.3. The standard InChI is InChI=1S/C11H11N3O2/c1-7-6-10(13-14(7)8(2)15)9-4-3-5-12-11(9)16/h3-6H,1-2H3,(H,12,16). The van der Waals surface area contributed by atoms with Gasteiger partial charge in [0, 0.05) is 18.8 Å². The lowest BCUT2D eigenvalue weighted by atomic mass is 10.2. The molecule has 5 nitrogen and oxygen atoms in total. The fourth-order valence-electron chi connectivity index (χ4n) is 1.55. The molecular formula is C11H11N3O2. The van der Waals surface area contributed by atoms with Crippen molar-refractivity contribution in [2.45, 2.75) is 13.8 Å². The Morgan fingerprint density at radius 1 is 1.50 bits per heavy atom. The number of pyridine rings is 1. The second-order valence-corrected chi connectivity index (χ2v) is 3.51. The second kappa shape index (κ2) is 3.77. The number of carbonyl (C=O) groups is 1. The van der Waals surface area contributed by atoms with Crippen molar-refractivity contribution in [2.75, 3.05) is 0 Å². The highest BCUT2D eigenvalue weighted by atomic mass is 16.2. The van der Waals surface area contributed by atoms with Crippen LogP contribution in [-0.2, 0) is 0 Å². The lowest BCUT2D eigenvalue weighted by molar-refractivity contribution is 0.0919. The van der Waals surface area contributed by atoms with Gasteiger partial charge in [0.2, 0.25) is 5.91 Å². The SMILES string of the molecule is CC(=O)n1nc(-c2ccc[nH]c2=O)cc1C. The number of rotatable bonds is 1. The lowest BCUT2D eigenvalue weighted by Crippen LogP contribution is -2.10. The minimum absolute atomic E-state index is 0.170. The fraction of sp³-hybridized carbons (Fsp3) is 0.182. The number of carbonyl (C=O) groups excluding carboxylic acids is 1. The van der Waals surface area contributed by atoms with Crippen molar-refractivity contribution in [1.29, 1.82) is 0 Å². The summed E-state index contributed by atoms with van der Waals surface area (Å²) in [6.07, 6.45) is 1.56. The highest BCUT2D eigenvalue weighted by Crippen LogP contribution is 2.14. The monoisotopic (exact) mass is 217 g/mol. The van der Waals surface area contributed by atoms with Gasteiger partial charge in [0.1, 0.15) is 0 Å². The molecule has 0 amide bonds. The maximum absolute atomic E-state index is 11.5. The van der Waals surface area contributed by atoms with Crippen LogP contribution in [0.4, 0.5) is 0 Å². The Balaban J connectivity index is 2.59. The van der Waals surface area contributed by atoms with Crippen LogP contribution in [0.1, 0.15) is 17.4 Å². The van der Waals surface area contributed by atoms with E-state index in [4.69, 9.17) is 0 Å². The largest absolute Gasteiger partial charge is 0.329 e. The predicted molar refractivity (Wildman–Crippen MR) is 59.3 cm³/mol. The molecule has 2 heterocycles. The Hall–Kier alpha value is -2.17. The zero-order valence-corrected chi connectivity index (χ0v) is 9.02. The summed E-state index contributed by atoms with van der Waals surface area (Å²) in [7, 11) is 0. The maximum Gasteiger partial charge on any atom is 0.257 e. The molecule has 0 radical (unpaired) electrons. The average Bonchev–Trinajstić information content (AvgIpc) is 2.61. The van der Waals surface area contributed by atoms with Crippen LogP contribution in [0, 0.1) is 6.92 Å². The molecule has 0 saturated heterocycles. The van der Waals surface area contributed by atoms with Crippen LogP contribution in [-0.4, -0.2) is 20.7 Å². The molecule has 0 aliphatic rings. The van der Waals surface area contributed by atoms with Crippen molar-refractivity contribution in [1.82, 2.24) is 14.8 Å². The molecule has 82 valence electrons. The first-order chi connectivity index (χ1) is 7.59. The molecule has 1 N–H and O–H groups in total. The average molecular weight is 217 g/mol. The van der Waals surface area contributed by atoms with E-state index in [0.717, 1.165) is 0 Å². The third-order valence-corrected chi connectivity index (χ3v) is 2.28. The molecule has 2 aromatic rings. The van der Waals surface area contributed by atoms with E-state index in [1.807, 2.05) is 0 Å². The molecule has 0 fully saturated rings. The molecule has 0 atom stereocenters. The summed E-state index contributed by atoms with van der Waals surface area (Å²) in [5.74, 6) is -0.170. The zero-order valence-electron chi connectivity index (χ0n) is 9.02. The highest BCUT2D eigenvalue weighted by molar-refractivity contribution is 5.77. The number of hydrogen-bond acceptors (Lipinski definition) is 3. The van der Waals surface area contributed by atoms with Crippen LogP contribution in [0.25, 0.3) is 11.3 Å². The van der Waals surface area contributed by atoms with Gasteiger partial charge in [0.25, 0.3) is 5.56 Å². The van der Waals surface area contributed by atoms with E-state index < -0.39 is 0 Å². The quantitative estimate of drug-likeness (QED) is 0.780. The zero-order chi connectivity index (χ0) is 11.7. The minimum Gasteiger partial charge on any atom is -0.329 e. The molecule has 0 aliphatic carbocycles. The molecule has 0 spiro atoms. The smallest absolute Gasteiger partial charge is 0.257 e. The van der Waals surface area contributed by atoms with Crippen LogP contribution in [0.2, 0.25) is 0 Å². The van der Waals surface area contributed by atoms with Crippen molar-refractivity contribution in [3.8, 4) is 11.3 Å². The molecule has 0 unspecified atom stereocenters. The lowest BCUT2D eigenvalue weighted by Gasteiger charge is -1.95. The number of H-pyrrole nitrogens is 1. The Bertz CT molecular complexity index is 595. The summed E-state index contributed by atoms with van der Waals surface area (Å²) in [5, 5.41) is 4.09. The number of nitrogens with zero attached hydrogens (tertiary/aromatic N) is 2. The molecule has 5 heteroatoms. The van der Waals surface area contributed by atoms with E-state index in [1.54, 1.807) is 31.3 Å². The van der Waals surface area contributed by atoms with Gasteiger partial charge in [0.15, 0.2) is 0 Å². The first-order valence-corrected chi connectivity index (χ1v) is 4.85. The van der Waals surface area contributed by atoms with Gasteiger partial charge in [-0.15, -0.1) is 0 Å². The first kappa shape index (κ1) is 10.4. The molecule has 0 aromatic carbocycles. The van der Waals surface area contributed by atoms with Gasteiger partial charge in [-0.05, 0) is 25.1 Å². The second-order valence-electron chi connectivity index (χ2n) is 3.51. The summed E-state index contributed by atoms with van der Waals surface area (Å²) in [6, 6.07) is 5.11. The van der Waals surface area contributed by atoms with Gasteiger partial charge in [-0.3, -0.25) is 9.59 Å². The molecule has 0 aliphatic heterocycles. The van der Waals surface area contributed by atoms with E-state index in [2.05, 4.69) is 10.1 Å². The van der Waals surface area contributed by atoms with E-state index in [0.29, 0.717) is 17.0 Å². The predicted octanol–water partition coefficient (Wildman–Crippen LogP) is 1.21. The van der Waals surface area contributed by atoms with Crippen molar-refractivity contribution < 1.29 is 4.79 Å². The van der Waals surface area contributed by atoms with Crippen LogP contribution in [0.5, 0.6) is 0 Å². The molecule has 0 saturated carbocycles. The first-order valence-electron chi connectivity index (χ1n) is 4.85. The number of aromatic amines is 1. The molecule has 0 bridgehead atoms. The fourth-order valence-corrected chi connectivity index (χ4v) is 1.55. The summed E-state index contributed by atoms with van der Waals surface area (Å²) in [5.41, 5.74) is 1.47. The van der Waals surface area contributed by atoms with Crippen molar-refractivity contribution >= 4 is 5.91 Å². The number of nitrogens with one attached hydrogen (secondary N) is 1. The van der Waals surface area contributed by atoms with Crippen molar-refractivity contribution in [3.63, 3.8) is 0 Å². The topological polar surface area (TPSA) is 67.8 Å². The van der Waals surface area contributed by atoms with E-state index >= 15 is 0 Å². The van der Waals surface area contributed by atoms with Crippen molar-refractivity contribution in [2.24, 2.45) is 0 Å². The summed E-state index contributed by atoms with van der Waals surface area (Å²) < 4.78 is 1.28. The van der Waals surface area contributed by atoms with Gasteiger partial charge < -0.3 is 4.98 Å². The molecular weight excluding hydrogens is 206 g/mol. The third-order valence-electron chi connectivity index (χ3n) is 2.28. The number of aromatic nitrogens is 3. The van der Waals surface area contributed by atoms with Gasteiger partial charge >= 0.3 is 0 Å². The van der Waals surface area contributed by atoms with Gasteiger partial charge in [-0.1, -0.05) is 0 Å². The minimum atomic E-state index is -0.212. The van der Waals surface area contributed by atoms with E-state index in [9.17, 15) is 9.59 Å². The Morgan fingerprint density at radius 3 is 2.81 bits per heavy atom. The van der Waals surface area contributed by atoms with Crippen LogP contribution >= 0.6 is 0 Å². The Kier molecular flexibility index (Phi) is 2.44. The number of hydrogen-bond donors (Lipinski definition) is 1. The third kappa shape index (κ3) is 1.67. The Labute approximate surface area is 91.7 Å². The van der Waals surface area contributed by atoms with E-state index in [1.165, 1.54) is 11.6 Å². The Morgan fingerprint density at radius 2 is 2.25 bits per heavy atom. The normalized spacial score (nSPS) is 10.4. The van der Waals surface area contributed by atoms with Gasteiger partial charge in [-0.25, -0.2) is 4.68 Å². The van der Waals surface area contributed by atoms with Crippen molar-refractivity contribution in [3.05, 3.63) is 40.4 Å². The molecule has 2 rings (SSSR count). The number of aryl methyl sites for hydroxylation is 1. The van der Waals surface area contributed by atoms with Crippen LogP contribution in [0.15, 0.2) is 29.2 Å². The highest BCUT2D eigenvalue weighted by Gasteiger charge is 2.11. The maximum atomic E-state index is 11.5. The molecule has 2 aromatic heterocycles. The molecule has 16 heavy (non-hydrogen) atoms. The van der Waals surface area contributed by atoms with Gasteiger partial charge in [0.05, 0.1) is 11.3 Å². The van der Waals surface area contributed by atoms with Crippen LogP contribution in [0.3, 0.4) is 0 Å². The van der Waals surface area contributed by atoms with E-state index in [-0.39, 0.29) is 11.5 Å².